The van der Waals surface area contributed by atoms with Gasteiger partial charge in [0.1, 0.15) is 6.04 Å². The lowest BCUT2D eigenvalue weighted by Gasteiger charge is -2.21. The first-order chi connectivity index (χ1) is 12.5. The van der Waals surface area contributed by atoms with E-state index in [-0.39, 0.29) is 18.0 Å². The molecule has 26 heavy (non-hydrogen) atoms. The Labute approximate surface area is 154 Å². The Morgan fingerprint density at radius 1 is 1.46 bits per heavy atom. The summed E-state index contributed by atoms with van der Waals surface area (Å²) in [5.74, 6) is 2.53. The largest absolute Gasteiger partial charge is 0.329 e. The fraction of sp³-hybridized carbons (Fsp3) is 0.400. The van der Waals surface area contributed by atoms with Crippen LogP contribution in [0.25, 0.3) is 11.0 Å². The minimum absolute atomic E-state index is 0.000177. The van der Waals surface area contributed by atoms with Gasteiger partial charge in [0.05, 0.1) is 23.9 Å². The molecule has 6 heteroatoms. The predicted molar refractivity (Wildman–Crippen MR) is 103 cm³/mol. The Morgan fingerprint density at radius 2 is 2.23 bits per heavy atom. The summed E-state index contributed by atoms with van der Waals surface area (Å²) < 4.78 is 2.14. The van der Waals surface area contributed by atoms with Gasteiger partial charge in [-0.2, -0.15) is 0 Å². The van der Waals surface area contributed by atoms with Crippen LogP contribution in [0, 0.1) is 26.2 Å². The summed E-state index contributed by atoms with van der Waals surface area (Å²) in [6, 6.07) is 4.13. The van der Waals surface area contributed by atoms with Crippen LogP contribution < -0.4 is 10.9 Å². The summed E-state index contributed by atoms with van der Waals surface area (Å²) >= 11 is 0. The summed E-state index contributed by atoms with van der Waals surface area (Å²) in [7, 11) is 0. The van der Waals surface area contributed by atoms with Crippen molar-refractivity contribution in [3.8, 4) is 12.3 Å². The van der Waals surface area contributed by atoms with Crippen molar-refractivity contribution in [1.82, 2.24) is 25.3 Å². The van der Waals surface area contributed by atoms with Crippen molar-refractivity contribution in [1.29, 1.82) is 0 Å². The van der Waals surface area contributed by atoms with E-state index in [1.165, 1.54) is 11.1 Å². The van der Waals surface area contributed by atoms with E-state index in [0.717, 1.165) is 17.6 Å². The number of carbonyl (C=O) groups is 1. The Kier molecular flexibility index (Phi) is 5.40. The monoisotopic (exact) mass is 351 g/mol. The molecule has 0 saturated carbocycles. The van der Waals surface area contributed by atoms with Gasteiger partial charge >= 0.3 is 0 Å². The third-order valence-corrected chi connectivity index (χ3v) is 4.88. The molecular weight excluding hydrogens is 326 g/mol. The second-order valence-corrected chi connectivity index (χ2v) is 6.81. The minimum atomic E-state index is -0.285. The Hall–Kier alpha value is -2.62. The Morgan fingerprint density at radius 3 is 2.96 bits per heavy atom. The van der Waals surface area contributed by atoms with Crippen LogP contribution in [-0.4, -0.2) is 45.5 Å². The topological polar surface area (TPSA) is 62.2 Å². The predicted octanol–water partition coefficient (Wildman–Crippen LogP) is 1.54. The van der Waals surface area contributed by atoms with E-state index in [0.29, 0.717) is 19.5 Å². The highest BCUT2D eigenvalue weighted by Gasteiger charge is 2.32. The van der Waals surface area contributed by atoms with Gasteiger partial charge in [-0.1, -0.05) is 12.0 Å². The summed E-state index contributed by atoms with van der Waals surface area (Å²) in [5.41, 5.74) is 10.9. The van der Waals surface area contributed by atoms with E-state index in [9.17, 15) is 4.79 Å². The molecule has 136 valence electrons. The van der Waals surface area contributed by atoms with Crippen LogP contribution in [0.5, 0.6) is 0 Å². The molecule has 2 N–H and O–H groups in total. The first-order valence-corrected chi connectivity index (χ1v) is 8.79. The number of aromatic nitrogens is 2. The van der Waals surface area contributed by atoms with E-state index in [4.69, 9.17) is 6.42 Å². The highest BCUT2D eigenvalue weighted by atomic mass is 16.2. The molecule has 2 heterocycles. The molecule has 6 nitrogen and oxygen atoms in total. The van der Waals surface area contributed by atoms with Gasteiger partial charge in [-0.3, -0.25) is 10.2 Å². The van der Waals surface area contributed by atoms with Gasteiger partial charge in [-0.25, -0.2) is 10.4 Å². The molecule has 0 aliphatic carbocycles. The molecule has 2 aromatic rings. The van der Waals surface area contributed by atoms with Crippen LogP contribution in [0.15, 0.2) is 31.1 Å². The zero-order valence-electron chi connectivity index (χ0n) is 15.3. The van der Waals surface area contributed by atoms with Gasteiger partial charge in [0.15, 0.2) is 0 Å². The number of nitrogens with one attached hydrogen (secondary N) is 2. The maximum atomic E-state index is 12.6. The lowest BCUT2D eigenvalue weighted by Crippen LogP contribution is -2.46. The quantitative estimate of drug-likeness (QED) is 0.612. The van der Waals surface area contributed by atoms with Crippen LogP contribution in [-0.2, 0) is 11.3 Å². The standard InChI is InChI=1S/C20H25N5O/c1-5-7-24(8-6-2)20(26)18-11-16(22-23-18)12-25-13-21-17-9-14(3)15(4)10-19(17)25/h1,6,9-10,13,16,18,22-23H,2,7-8,11-12H2,3-4H3. The van der Waals surface area contributed by atoms with Gasteiger partial charge in [0, 0.05) is 19.1 Å². The number of rotatable bonds is 6. The highest BCUT2D eigenvalue weighted by Crippen LogP contribution is 2.20. The maximum Gasteiger partial charge on any atom is 0.242 e. The van der Waals surface area contributed by atoms with Crippen molar-refractivity contribution in [3.05, 3.63) is 42.2 Å². The fourth-order valence-electron chi connectivity index (χ4n) is 3.32. The van der Waals surface area contributed by atoms with Crippen LogP contribution in [0.4, 0.5) is 0 Å². The van der Waals surface area contributed by atoms with E-state index < -0.39 is 0 Å². The van der Waals surface area contributed by atoms with Crippen molar-refractivity contribution in [2.24, 2.45) is 0 Å². The average molecular weight is 351 g/mol. The second-order valence-electron chi connectivity index (χ2n) is 6.81. The SMILES string of the molecule is C#CCN(CC=C)C(=O)C1CC(Cn2cnc3cc(C)c(C)cc32)NN1. The molecule has 1 aliphatic heterocycles. The van der Waals surface area contributed by atoms with Gasteiger partial charge < -0.3 is 9.47 Å². The van der Waals surface area contributed by atoms with E-state index in [2.05, 4.69) is 58.9 Å². The number of imidazole rings is 1. The lowest BCUT2D eigenvalue weighted by atomic mass is 10.1. The van der Waals surface area contributed by atoms with Crippen molar-refractivity contribution < 1.29 is 4.79 Å². The zero-order valence-corrected chi connectivity index (χ0v) is 15.3. The number of carbonyl (C=O) groups excluding carboxylic acids is 1. The number of nitrogens with zero attached hydrogens (tertiary/aromatic N) is 3. The maximum absolute atomic E-state index is 12.6. The van der Waals surface area contributed by atoms with E-state index >= 15 is 0 Å². The van der Waals surface area contributed by atoms with Crippen LogP contribution in [0.2, 0.25) is 0 Å². The van der Waals surface area contributed by atoms with Gasteiger partial charge in [-0.05, 0) is 43.5 Å². The molecule has 0 bridgehead atoms. The molecule has 2 atom stereocenters. The number of terminal acetylenes is 1. The Balaban J connectivity index is 1.68. The van der Waals surface area contributed by atoms with Crippen LogP contribution >= 0.6 is 0 Å². The normalized spacial score (nSPS) is 19.4. The molecule has 1 aliphatic rings. The molecule has 1 amide bonds. The summed E-state index contributed by atoms with van der Waals surface area (Å²) in [4.78, 5) is 18.8. The Bertz CT molecular complexity index is 863. The number of aryl methyl sites for hydroxylation is 2. The molecule has 1 saturated heterocycles. The smallest absolute Gasteiger partial charge is 0.242 e. The van der Waals surface area contributed by atoms with Crippen molar-refractivity contribution in [3.63, 3.8) is 0 Å². The summed E-state index contributed by atoms with van der Waals surface area (Å²) in [5, 5.41) is 0. The first kappa shape index (κ1) is 18.2. The molecule has 2 unspecified atom stereocenters. The van der Waals surface area contributed by atoms with Crippen LogP contribution in [0.3, 0.4) is 0 Å². The van der Waals surface area contributed by atoms with Crippen LogP contribution in [0.1, 0.15) is 17.5 Å². The van der Waals surface area contributed by atoms with Gasteiger partial charge in [0.2, 0.25) is 5.91 Å². The molecule has 0 spiro atoms. The lowest BCUT2D eigenvalue weighted by molar-refractivity contribution is -0.132. The van der Waals surface area contributed by atoms with Gasteiger partial charge in [0.25, 0.3) is 0 Å². The summed E-state index contributed by atoms with van der Waals surface area (Å²) in [6.07, 6.45) is 9.62. The molecular formula is C20H25N5O. The van der Waals surface area contributed by atoms with E-state index in [1.54, 1.807) is 11.0 Å². The molecule has 1 fully saturated rings. The number of hydrogen-bond donors (Lipinski definition) is 2. The third-order valence-electron chi connectivity index (χ3n) is 4.88. The number of hydrazine groups is 1. The number of amides is 1. The minimum Gasteiger partial charge on any atom is -0.329 e. The first-order valence-electron chi connectivity index (χ1n) is 8.79. The van der Waals surface area contributed by atoms with Gasteiger partial charge in [-0.15, -0.1) is 13.0 Å². The summed E-state index contributed by atoms with van der Waals surface area (Å²) in [6.45, 7) is 9.38. The number of hydrogen-bond acceptors (Lipinski definition) is 4. The van der Waals surface area contributed by atoms with E-state index in [1.807, 2.05) is 6.33 Å². The second kappa shape index (κ2) is 7.73. The van der Waals surface area contributed by atoms with Crippen molar-refractivity contribution >= 4 is 16.9 Å². The molecule has 1 aromatic heterocycles. The molecule has 1 aromatic carbocycles. The highest BCUT2D eigenvalue weighted by molar-refractivity contribution is 5.82. The van der Waals surface area contributed by atoms with Crippen molar-refractivity contribution in [2.45, 2.75) is 38.9 Å². The number of benzene rings is 1. The molecule has 3 rings (SSSR count). The zero-order chi connectivity index (χ0) is 18.7. The van der Waals surface area contributed by atoms with Crippen molar-refractivity contribution in [2.75, 3.05) is 13.1 Å². The number of fused-ring (bicyclic) bond motifs is 1. The molecule has 0 radical (unpaired) electrons. The third kappa shape index (κ3) is 3.64. The fourth-order valence-corrected chi connectivity index (χ4v) is 3.32. The average Bonchev–Trinajstić information content (AvgIpc) is 3.23.